The molecule has 0 aromatic rings. The van der Waals surface area contributed by atoms with Gasteiger partial charge in [-0.2, -0.15) is 0 Å². The van der Waals surface area contributed by atoms with Crippen LogP contribution in [0.2, 0.25) is 0 Å². The van der Waals surface area contributed by atoms with Gasteiger partial charge in [-0.15, -0.1) is 0 Å². The molecule has 0 spiro atoms. The highest BCUT2D eigenvalue weighted by Gasteiger charge is 2.44. The maximum absolute atomic E-state index is 3.79. The minimum absolute atomic E-state index is 0.868. The van der Waals surface area contributed by atoms with Gasteiger partial charge in [0.1, 0.15) is 0 Å². The molecular weight excluding hydrogens is 172 g/mol. The molecule has 1 N–H and O–H groups in total. The molecule has 2 aliphatic heterocycles. The quantitative estimate of drug-likeness (QED) is 0.677. The van der Waals surface area contributed by atoms with E-state index >= 15 is 0 Å². The Hall–Kier alpha value is -0.0800. The first-order chi connectivity index (χ1) is 6.84. The molecule has 1 saturated carbocycles. The third kappa shape index (κ3) is 1.40. The highest BCUT2D eigenvalue weighted by atomic mass is 15.2. The van der Waals surface area contributed by atoms with E-state index in [0.717, 1.165) is 23.8 Å². The van der Waals surface area contributed by atoms with Gasteiger partial charge in [-0.1, -0.05) is 12.8 Å². The van der Waals surface area contributed by atoms with Gasteiger partial charge < -0.3 is 10.2 Å². The number of likely N-dealkylation sites (tertiary alicyclic amines) is 1. The van der Waals surface area contributed by atoms with Crippen LogP contribution in [0, 0.1) is 17.8 Å². The summed E-state index contributed by atoms with van der Waals surface area (Å²) >= 11 is 0. The lowest BCUT2D eigenvalue weighted by atomic mass is 9.85. The van der Waals surface area contributed by atoms with Gasteiger partial charge in [-0.3, -0.25) is 0 Å². The van der Waals surface area contributed by atoms with Crippen LogP contribution in [-0.2, 0) is 0 Å². The van der Waals surface area contributed by atoms with Crippen LogP contribution in [0.15, 0.2) is 0 Å². The minimum atomic E-state index is 0.868. The van der Waals surface area contributed by atoms with Crippen LogP contribution in [0.25, 0.3) is 0 Å². The number of hydrogen-bond donors (Lipinski definition) is 1. The number of fused-ring (bicyclic) bond motifs is 1. The summed E-state index contributed by atoms with van der Waals surface area (Å²) in [6.45, 7) is 3.97. The topological polar surface area (TPSA) is 15.3 Å². The number of rotatable bonds is 1. The van der Waals surface area contributed by atoms with Crippen LogP contribution >= 0.6 is 0 Å². The Morgan fingerprint density at radius 1 is 1.07 bits per heavy atom. The van der Waals surface area contributed by atoms with Gasteiger partial charge in [-0.25, -0.2) is 0 Å². The molecular formula is C12H22N2. The van der Waals surface area contributed by atoms with Gasteiger partial charge >= 0.3 is 0 Å². The second kappa shape index (κ2) is 3.49. The fraction of sp³-hybridized carbons (Fsp3) is 1.00. The smallest absolute Gasteiger partial charge is 0.0139 e. The zero-order valence-corrected chi connectivity index (χ0v) is 9.21. The zero-order valence-electron chi connectivity index (χ0n) is 9.21. The molecule has 0 aromatic heterocycles. The molecule has 3 fully saturated rings. The highest BCUT2D eigenvalue weighted by Crippen LogP contribution is 2.39. The number of hydrogen-bond acceptors (Lipinski definition) is 2. The second-order valence-electron chi connectivity index (χ2n) is 5.62. The van der Waals surface area contributed by atoms with Gasteiger partial charge in [0.15, 0.2) is 0 Å². The van der Waals surface area contributed by atoms with Crippen molar-refractivity contribution in [2.24, 2.45) is 17.8 Å². The molecule has 2 nitrogen and oxygen atoms in total. The largest absolute Gasteiger partial charge is 0.313 e. The minimum Gasteiger partial charge on any atom is -0.313 e. The van der Waals surface area contributed by atoms with E-state index in [4.69, 9.17) is 0 Å². The first-order valence-electron chi connectivity index (χ1n) is 6.26. The molecule has 0 radical (unpaired) electrons. The van der Waals surface area contributed by atoms with Crippen molar-refractivity contribution in [1.29, 1.82) is 0 Å². The van der Waals surface area contributed by atoms with Crippen molar-refractivity contribution in [3.63, 3.8) is 0 Å². The normalized spacial score (nSPS) is 44.8. The second-order valence-corrected chi connectivity index (χ2v) is 5.62. The molecule has 2 heteroatoms. The standard InChI is InChI=1S/C12H22N2/c1-14-7-10-6-13-12(11(10)8-14)9-4-2-3-5-9/h9-13H,2-8H2,1H3/t10-,11-,12-/m0/s1. The molecule has 14 heavy (non-hydrogen) atoms. The van der Waals surface area contributed by atoms with Crippen molar-refractivity contribution in [3.05, 3.63) is 0 Å². The molecule has 0 amide bonds. The summed E-state index contributed by atoms with van der Waals surface area (Å²) in [6.07, 6.45) is 5.95. The summed E-state index contributed by atoms with van der Waals surface area (Å²) in [5, 5.41) is 3.79. The van der Waals surface area contributed by atoms with E-state index < -0.39 is 0 Å². The van der Waals surface area contributed by atoms with Crippen molar-refractivity contribution < 1.29 is 0 Å². The molecule has 0 aromatic carbocycles. The van der Waals surface area contributed by atoms with E-state index in [1.807, 2.05) is 0 Å². The SMILES string of the molecule is CN1C[C@@H]2CN[C@@H](C3CCCC3)[C@H]2C1. The lowest BCUT2D eigenvalue weighted by Gasteiger charge is -2.25. The molecule has 0 bridgehead atoms. The first kappa shape index (κ1) is 9.17. The first-order valence-corrected chi connectivity index (χ1v) is 6.26. The van der Waals surface area contributed by atoms with Gasteiger partial charge in [0.25, 0.3) is 0 Å². The van der Waals surface area contributed by atoms with Crippen molar-refractivity contribution in [3.8, 4) is 0 Å². The lowest BCUT2D eigenvalue weighted by Crippen LogP contribution is -2.36. The van der Waals surface area contributed by atoms with E-state index in [-0.39, 0.29) is 0 Å². The van der Waals surface area contributed by atoms with Crippen LogP contribution in [-0.4, -0.2) is 37.6 Å². The van der Waals surface area contributed by atoms with E-state index in [1.54, 1.807) is 0 Å². The van der Waals surface area contributed by atoms with Crippen molar-refractivity contribution >= 4 is 0 Å². The predicted octanol–water partition coefficient (Wildman–Crippen LogP) is 1.33. The average molecular weight is 194 g/mol. The van der Waals surface area contributed by atoms with Crippen LogP contribution < -0.4 is 5.32 Å². The van der Waals surface area contributed by atoms with E-state index in [1.165, 1.54) is 45.3 Å². The number of nitrogens with one attached hydrogen (secondary N) is 1. The van der Waals surface area contributed by atoms with Crippen LogP contribution in [0.4, 0.5) is 0 Å². The van der Waals surface area contributed by atoms with Gasteiger partial charge in [0.05, 0.1) is 0 Å². The highest BCUT2D eigenvalue weighted by molar-refractivity contribution is 5.00. The Morgan fingerprint density at radius 2 is 1.86 bits per heavy atom. The predicted molar refractivity (Wildman–Crippen MR) is 58.2 cm³/mol. The van der Waals surface area contributed by atoms with Crippen LogP contribution in [0.1, 0.15) is 25.7 Å². The molecule has 1 aliphatic carbocycles. The molecule has 0 unspecified atom stereocenters. The molecule has 3 aliphatic rings. The fourth-order valence-corrected chi connectivity index (χ4v) is 4.01. The third-order valence-corrected chi connectivity index (χ3v) is 4.66. The van der Waals surface area contributed by atoms with E-state index in [2.05, 4.69) is 17.3 Å². The Bertz CT molecular complexity index is 210. The maximum atomic E-state index is 3.79. The van der Waals surface area contributed by atoms with Crippen molar-refractivity contribution in [2.45, 2.75) is 31.7 Å². The summed E-state index contributed by atoms with van der Waals surface area (Å²) in [6, 6.07) is 0.868. The Labute approximate surface area is 87.0 Å². The molecule has 3 atom stereocenters. The van der Waals surface area contributed by atoms with Gasteiger partial charge in [0, 0.05) is 19.1 Å². The van der Waals surface area contributed by atoms with Gasteiger partial charge in [0.2, 0.25) is 0 Å². The Morgan fingerprint density at radius 3 is 2.64 bits per heavy atom. The molecule has 80 valence electrons. The van der Waals surface area contributed by atoms with Crippen LogP contribution in [0.5, 0.6) is 0 Å². The molecule has 3 rings (SSSR count). The number of nitrogens with zero attached hydrogens (tertiary/aromatic N) is 1. The Kier molecular flexibility index (Phi) is 2.29. The van der Waals surface area contributed by atoms with Gasteiger partial charge in [-0.05, 0) is 44.2 Å². The summed E-state index contributed by atoms with van der Waals surface area (Å²) < 4.78 is 0. The molecule has 2 heterocycles. The summed E-state index contributed by atoms with van der Waals surface area (Å²) in [5.74, 6) is 2.95. The lowest BCUT2D eigenvalue weighted by molar-refractivity contribution is 0.293. The zero-order chi connectivity index (χ0) is 9.54. The maximum Gasteiger partial charge on any atom is 0.0139 e. The van der Waals surface area contributed by atoms with Crippen molar-refractivity contribution in [2.75, 3.05) is 26.7 Å². The monoisotopic (exact) mass is 194 g/mol. The van der Waals surface area contributed by atoms with E-state index in [9.17, 15) is 0 Å². The van der Waals surface area contributed by atoms with Crippen molar-refractivity contribution in [1.82, 2.24) is 10.2 Å². The third-order valence-electron chi connectivity index (χ3n) is 4.66. The average Bonchev–Trinajstić information content (AvgIpc) is 2.77. The fourth-order valence-electron chi connectivity index (χ4n) is 4.01. The van der Waals surface area contributed by atoms with Crippen LogP contribution in [0.3, 0.4) is 0 Å². The summed E-state index contributed by atoms with van der Waals surface area (Å²) in [4.78, 5) is 2.53. The molecule has 2 saturated heterocycles. The summed E-state index contributed by atoms with van der Waals surface area (Å²) in [5.41, 5.74) is 0. The van der Waals surface area contributed by atoms with E-state index in [0.29, 0.717) is 0 Å². The summed E-state index contributed by atoms with van der Waals surface area (Å²) in [7, 11) is 2.28. The Balaban J connectivity index is 1.69.